The van der Waals surface area contributed by atoms with Crippen molar-refractivity contribution >= 4 is 17.7 Å². The summed E-state index contributed by atoms with van der Waals surface area (Å²) < 4.78 is 10.3. The smallest absolute Gasteiger partial charge is 0.343 e. The lowest BCUT2D eigenvalue weighted by molar-refractivity contribution is -0.142. The highest BCUT2D eigenvalue weighted by Gasteiger charge is 2.33. The van der Waals surface area contributed by atoms with Gasteiger partial charge in [0.25, 0.3) is 0 Å². The SMILES string of the molecule is CCC(CC)(/C(=C/C(C)=C/CCC(O)C(C)(C)C)SC)c1ccc(OCC(=O)OC)c(C)c1. The van der Waals surface area contributed by atoms with E-state index in [9.17, 15) is 9.90 Å². The topological polar surface area (TPSA) is 55.8 Å². The summed E-state index contributed by atoms with van der Waals surface area (Å²) in [5, 5.41) is 10.3. The van der Waals surface area contributed by atoms with Gasteiger partial charge in [0.15, 0.2) is 6.61 Å². The van der Waals surface area contributed by atoms with Crippen LogP contribution < -0.4 is 4.74 Å². The summed E-state index contributed by atoms with van der Waals surface area (Å²) in [4.78, 5) is 12.8. The number of esters is 1. The summed E-state index contributed by atoms with van der Waals surface area (Å²) in [5.74, 6) is 0.313. The van der Waals surface area contributed by atoms with Crippen LogP contribution in [0.25, 0.3) is 0 Å². The molecule has 33 heavy (non-hydrogen) atoms. The highest BCUT2D eigenvalue weighted by Crippen LogP contribution is 2.45. The monoisotopic (exact) mass is 476 g/mol. The maximum absolute atomic E-state index is 11.4. The number of allylic oxidation sites excluding steroid dienone is 4. The Kier molecular flexibility index (Phi) is 11.8. The zero-order valence-electron chi connectivity index (χ0n) is 22.1. The van der Waals surface area contributed by atoms with Crippen LogP contribution in [0.3, 0.4) is 0 Å². The maximum Gasteiger partial charge on any atom is 0.343 e. The van der Waals surface area contributed by atoms with E-state index in [-0.39, 0.29) is 29.5 Å². The Hall–Kier alpha value is -1.72. The normalized spacial score (nSPS) is 14.2. The van der Waals surface area contributed by atoms with E-state index < -0.39 is 0 Å². The van der Waals surface area contributed by atoms with E-state index in [1.54, 1.807) is 11.8 Å². The number of aliphatic hydroxyl groups excluding tert-OH is 1. The Morgan fingerprint density at radius 1 is 1.21 bits per heavy atom. The largest absolute Gasteiger partial charge is 0.482 e. The first kappa shape index (κ1) is 29.3. The Labute approximate surface area is 205 Å². The van der Waals surface area contributed by atoms with Crippen molar-refractivity contribution in [1.82, 2.24) is 0 Å². The van der Waals surface area contributed by atoms with E-state index in [2.05, 4.69) is 76.8 Å². The molecule has 1 N–H and O–H groups in total. The molecule has 0 saturated heterocycles. The molecular weight excluding hydrogens is 432 g/mol. The first-order chi connectivity index (χ1) is 15.4. The van der Waals surface area contributed by atoms with Gasteiger partial charge in [-0.05, 0) is 79.4 Å². The van der Waals surface area contributed by atoms with Crippen molar-refractivity contribution in [3.8, 4) is 5.75 Å². The number of carbonyl (C=O) groups is 1. The van der Waals surface area contributed by atoms with Gasteiger partial charge in [-0.1, -0.05) is 58.4 Å². The molecule has 0 aliphatic rings. The predicted molar refractivity (Wildman–Crippen MR) is 141 cm³/mol. The van der Waals surface area contributed by atoms with Crippen molar-refractivity contribution in [2.24, 2.45) is 5.41 Å². The first-order valence-electron chi connectivity index (χ1n) is 11.9. The number of hydrogen-bond acceptors (Lipinski definition) is 5. The van der Waals surface area contributed by atoms with Crippen molar-refractivity contribution in [3.05, 3.63) is 52.0 Å². The average Bonchev–Trinajstić information content (AvgIpc) is 2.77. The lowest BCUT2D eigenvalue weighted by Crippen LogP contribution is -2.26. The van der Waals surface area contributed by atoms with Crippen LogP contribution in [0.15, 0.2) is 40.8 Å². The summed E-state index contributed by atoms with van der Waals surface area (Å²) in [6.07, 6.45) is 9.96. The minimum atomic E-state index is -0.389. The third-order valence-electron chi connectivity index (χ3n) is 6.46. The molecule has 186 valence electrons. The van der Waals surface area contributed by atoms with Crippen molar-refractivity contribution in [1.29, 1.82) is 0 Å². The number of benzene rings is 1. The van der Waals surface area contributed by atoms with Gasteiger partial charge in [-0.2, -0.15) is 0 Å². The lowest BCUT2D eigenvalue weighted by Gasteiger charge is -2.35. The van der Waals surface area contributed by atoms with E-state index in [0.29, 0.717) is 5.75 Å². The summed E-state index contributed by atoms with van der Waals surface area (Å²) >= 11 is 1.80. The number of ether oxygens (including phenoxy) is 2. The van der Waals surface area contributed by atoms with E-state index in [4.69, 9.17) is 4.74 Å². The molecule has 0 spiro atoms. The van der Waals surface area contributed by atoms with E-state index in [0.717, 1.165) is 31.2 Å². The highest BCUT2D eigenvalue weighted by molar-refractivity contribution is 8.02. The molecule has 0 radical (unpaired) electrons. The van der Waals surface area contributed by atoms with Crippen molar-refractivity contribution in [2.45, 2.75) is 85.7 Å². The van der Waals surface area contributed by atoms with Gasteiger partial charge >= 0.3 is 5.97 Å². The summed E-state index contributed by atoms with van der Waals surface area (Å²) in [7, 11) is 1.36. The first-order valence-corrected chi connectivity index (χ1v) is 13.1. The highest BCUT2D eigenvalue weighted by atomic mass is 32.2. The van der Waals surface area contributed by atoms with Gasteiger partial charge in [0.2, 0.25) is 0 Å². The summed E-state index contributed by atoms with van der Waals surface area (Å²) in [5.41, 5.74) is 3.30. The molecule has 0 heterocycles. The van der Waals surface area contributed by atoms with Crippen LogP contribution in [0.4, 0.5) is 0 Å². The average molecular weight is 477 g/mol. The molecule has 1 unspecified atom stereocenters. The minimum absolute atomic E-state index is 0.0900. The van der Waals surface area contributed by atoms with Gasteiger partial charge in [0, 0.05) is 5.41 Å². The Bertz CT molecular complexity index is 829. The second-order valence-corrected chi connectivity index (χ2v) is 10.6. The molecule has 0 amide bonds. The van der Waals surface area contributed by atoms with Gasteiger partial charge in [0.05, 0.1) is 13.2 Å². The Morgan fingerprint density at radius 2 is 1.85 bits per heavy atom. The van der Waals surface area contributed by atoms with Crippen LogP contribution in [-0.4, -0.2) is 37.2 Å². The molecule has 5 heteroatoms. The molecule has 4 nitrogen and oxygen atoms in total. The Morgan fingerprint density at radius 3 is 2.33 bits per heavy atom. The third kappa shape index (κ3) is 8.22. The molecule has 0 aliphatic carbocycles. The van der Waals surface area contributed by atoms with E-state index >= 15 is 0 Å². The molecule has 0 aromatic heterocycles. The number of thioether (sulfide) groups is 1. The summed E-state index contributed by atoms with van der Waals surface area (Å²) in [6, 6.07) is 6.26. The summed E-state index contributed by atoms with van der Waals surface area (Å²) in [6.45, 7) is 14.8. The number of aliphatic hydroxyl groups is 1. The van der Waals surface area contributed by atoms with Crippen LogP contribution in [0.5, 0.6) is 5.75 Å². The fourth-order valence-corrected chi connectivity index (χ4v) is 5.11. The van der Waals surface area contributed by atoms with Crippen LogP contribution in [0, 0.1) is 12.3 Å². The quantitative estimate of drug-likeness (QED) is 0.260. The van der Waals surface area contributed by atoms with Gasteiger partial charge < -0.3 is 14.6 Å². The predicted octanol–water partition coefficient (Wildman–Crippen LogP) is 6.99. The standard InChI is InChI=1S/C28H44O4S/c1-10-28(11-2,22-15-16-23(21(4)18-22)32-19-26(30)31-8)25(33-9)17-20(3)13-12-14-24(29)27(5,6)7/h13,15-18,24,29H,10-12,14,19H2,1-9H3/b20-13+,25-17-. The molecular formula is C28H44O4S. The number of hydrogen-bond donors (Lipinski definition) is 1. The maximum atomic E-state index is 11.4. The number of carbonyl (C=O) groups excluding carboxylic acids is 1. The molecule has 1 aromatic rings. The number of methoxy groups -OCH3 is 1. The van der Waals surface area contributed by atoms with E-state index in [1.165, 1.54) is 23.2 Å². The second kappa shape index (κ2) is 13.2. The molecule has 0 saturated carbocycles. The van der Waals surface area contributed by atoms with Crippen molar-refractivity contribution < 1.29 is 19.4 Å². The van der Waals surface area contributed by atoms with Gasteiger partial charge in [-0.15, -0.1) is 11.8 Å². The minimum Gasteiger partial charge on any atom is -0.482 e. The van der Waals surface area contributed by atoms with Gasteiger partial charge in [0.1, 0.15) is 5.75 Å². The number of aryl methyl sites for hydroxylation is 1. The Balaban J connectivity index is 3.19. The fraction of sp³-hybridized carbons (Fsp3) is 0.607. The zero-order chi connectivity index (χ0) is 25.2. The van der Waals surface area contributed by atoms with E-state index in [1.807, 2.05) is 13.0 Å². The van der Waals surface area contributed by atoms with Crippen LogP contribution in [0.1, 0.15) is 78.4 Å². The lowest BCUT2D eigenvalue weighted by atomic mass is 9.74. The van der Waals surface area contributed by atoms with Gasteiger partial charge in [-0.3, -0.25) is 0 Å². The van der Waals surface area contributed by atoms with Crippen LogP contribution >= 0.6 is 11.8 Å². The van der Waals surface area contributed by atoms with Crippen LogP contribution in [0.2, 0.25) is 0 Å². The third-order valence-corrected chi connectivity index (χ3v) is 7.41. The van der Waals surface area contributed by atoms with Crippen LogP contribution in [-0.2, 0) is 14.9 Å². The molecule has 0 bridgehead atoms. The molecule has 1 rings (SSSR count). The van der Waals surface area contributed by atoms with Gasteiger partial charge in [-0.25, -0.2) is 4.79 Å². The molecule has 0 aliphatic heterocycles. The van der Waals surface area contributed by atoms with Crippen molar-refractivity contribution in [2.75, 3.05) is 20.0 Å². The number of rotatable bonds is 12. The second-order valence-electron chi connectivity index (χ2n) is 9.75. The molecule has 0 fully saturated rings. The van der Waals surface area contributed by atoms with Crippen molar-refractivity contribution in [3.63, 3.8) is 0 Å². The molecule has 1 atom stereocenters. The fourth-order valence-electron chi connectivity index (χ4n) is 4.01. The zero-order valence-corrected chi connectivity index (χ0v) is 22.9. The molecule has 1 aromatic carbocycles.